The molecule has 3 aromatic rings. The van der Waals surface area contributed by atoms with Crippen molar-refractivity contribution in [2.75, 3.05) is 0 Å². The Morgan fingerprint density at radius 3 is 2.04 bits per heavy atom. The van der Waals surface area contributed by atoms with Crippen molar-refractivity contribution in [1.82, 2.24) is 0 Å². The summed E-state index contributed by atoms with van der Waals surface area (Å²) in [5.41, 5.74) is 3.82. The van der Waals surface area contributed by atoms with Crippen LogP contribution in [0.1, 0.15) is 36.5 Å². The zero-order valence-corrected chi connectivity index (χ0v) is 15.5. The summed E-state index contributed by atoms with van der Waals surface area (Å²) in [6.45, 7) is 7.25. The molecule has 0 unspecified atom stereocenters. The lowest BCUT2D eigenvalue weighted by atomic mass is 9.80. The maximum Gasteiger partial charge on any atom is 0.119 e. The van der Waals surface area contributed by atoms with Crippen molar-refractivity contribution >= 4 is 0 Å². The number of ether oxygens (including phenoxy) is 1. The van der Waals surface area contributed by atoms with E-state index in [1.54, 1.807) is 0 Å². The quantitative estimate of drug-likeness (QED) is 0.461. The van der Waals surface area contributed by atoms with Crippen molar-refractivity contribution in [3.63, 3.8) is 0 Å². The monoisotopic (exact) mass is 343 g/mol. The minimum Gasteiger partial charge on any atom is -0.489 e. The average molecular weight is 343 g/mol. The molecule has 0 fully saturated rings. The lowest BCUT2D eigenvalue weighted by Crippen LogP contribution is -2.17. The highest BCUT2D eigenvalue weighted by Gasteiger charge is 2.19. The third-order valence-electron chi connectivity index (χ3n) is 4.84. The zero-order chi connectivity index (χ0) is 18.2. The van der Waals surface area contributed by atoms with E-state index in [4.69, 9.17) is 4.74 Å². The summed E-state index contributed by atoms with van der Waals surface area (Å²) in [5.74, 6) is 0.920. The number of aryl methyl sites for hydroxylation is 1. The van der Waals surface area contributed by atoms with Gasteiger partial charge in [-0.3, -0.25) is 0 Å². The van der Waals surface area contributed by atoms with E-state index >= 15 is 0 Å². The fourth-order valence-corrected chi connectivity index (χ4v) is 3.16. The van der Waals surface area contributed by atoms with E-state index < -0.39 is 0 Å². The minimum atomic E-state index is -0.0278. The minimum absolute atomic E-state index is 0.0278. The van der Waals surface area contributed by atoms with Crippen molar-refractivity contribution in [3.05, 3.63) is 109 Å². The molecule has 0 bridgehead atoms. The summed E-state index contributed by atoms with van der Waals surface area (Å²) < 4.78 is 5.85. The molecule has 0 heterocycles. The van der Waals surface area contributed by atoms with Gasteiger partial charge in [-0.2, -0.15) is 0 Å². The maximum absolute atomic E-state index is 5.85. The Balaban J connectivity index is 1.47. The Labute approximate surface area is 157 Å². The van der Waals surface area contributed by atoms with Crippen molar-refractivity contribution in [1.29, 1.82) is 0 Å². The number of hydrogen-bond donors (Lipinski definition) is 0. The van der Waals surface area contributed by atoms with Crippen LogP contribution in [0.15, 0.2) is 84.9 Å². The van der Waals surface area contributed by atoms with Crippen LogP contribution in [-0.2, 0) is 18.4 Å². The largest absolute Gasteiger partial charge is 0.489 e. The Morgan fingerprint density at radius 2 is 1.38 bits per heavy atom. The van der Waals surface area contributed by atoms with Gasteiger partial charge in [0, 0.05) is 0 Å². The SMILES string of the molecule is [CH2][C@](C)(CCCc1ccc(OCc2ccccc2)cc1)c1ccccc1. The van der Waals surface area contributed by atoms with Gasteiger partial charge in [0.2, 0.25) is 0 Å². The van der Waals surface area contributed by atoms with Crippen molar-refractivity contribution in [2.24, 2.45) is 0 Å². The molecular formula is C25H27O. The predicted molar refractivity (Wildman–Crippen MR) is 109 cm³/mol. The Morgan fingerprint density at radius 1 is 0.769 bits per heavy atom. The van der Waals surface area contributed by atoms with Crippen molar-refractivity contribution < 1.29 is 4.74 Å². The third kappa shape index (κ3) is 5.23. The van der Waals surface area contributed by atoms with Crippen molar-refractivity contribution in [3.8, 4) is 5.75 Å². The first-order valence-electron chi connectivity index (χ1n) is 9.30. The first kappa shape index (κ1) is 18.3. The molecule has 133 valence electrons. The molecule has 26 heavy (non-hydrogen) atoms. The molecule has 1 radical (unpaired) electrons. The third-order valence-corrected chi connectivity index (χ3v) is 4.84. The number of hydrogen-bond acceptors (Lipinski definition) is 1. The van der Waals surface area contributed by atoms with Crippen LogP contribution in [0.2, 0.25) is 0 Å². The predicted octanol–water partition coefficient (Wildman–Crippen LogP) is 6.38. The maximum atomic E-state index is 5.85. The van der Waals surface area contributed by atoms with Crippen LogP contribution in [0.3, 0.4) is 0 Å². The molecule has 1 heteroatoms. The highest BCUT2D eigenvalue weighted by Crippen LogP contribution is 2.28. The first-order valence-corrected chi connectivity index (χ1v) is 9.30. The molecule has 0 aliphatic heterocycles. The molecule has 3 rings (SSSR count). The smallest absolute Gasteiger partial charge is 0.119 e. The van der Waals surface area contributed by atoms with Crippen LogP contribution in [0.25, 0.3) is 0 Å². The van der Waals surface area contributed by atoms with Crippen LogP contribution in [0, 0.1) is 6.92 Å². The van der Waals surface area contributed by atoms with Crippen LogP contribution < -0.4 is 4.74 Å². The standard InChI is InChI=1S/C25H27O/c1-25(2,23-13-7-4-8-14-23)19-9-12-21-15-17-24(18-16-21)26-20-22-10-5-3-6-11-22/h3-8,10-11,13-18H,1,9,12,19-20H2,2H3/t25-/m0/s1. The highest BCUT2D eigenvalue weighted by molar-refractivity contribution is 5.29. The molecule has 0 aliphatic carbocycles. The van der Waals surface area contributed by atoms with E-state index in [2.05, 4.69) is 80.6 Å². The molecule has 0 N–H and O–H groups in total. The van der Waals surface area contributed by atoms with Crippen LogP contribution in [-0.4, -0.2) is 0 Å². The van der Waals surface area contributed by atoms with Gasteiger partial charge in [-0.15, -0.1) is 0 Å². The van der Waals surface area contributed by atoms with E-state index in [9.17, 15) is 0 Å². The molecular weight excluding hydrogens is 316 g/mol. The van der Waals surface area contributed by atoms with E-state index in [0.717, 1.165) is 25.0 Å². The van der Waals surface area contributed by atoms with E-state index in [0.29, 0.717) is 6.61 Å². The summed E-state index contributed by atoms with van der Waals surface area (Å²) >= 11 is 0. The molecule has 0 saturated heterocycles. The van der Waals surface area contributed by atoms with Crippen LogP contribution in [0.5, 0.6) is 5.75 Å². The number of rotatable bonds is 8. The first-order chi connectivity index (χ1) is 12.6. The van der Waals surface area contributed by atoms with Crippen molar-refractivity contribution in [2.45, 2.75) is 38.2 Å². The van der Waals surface area contributed by atoms with Gasteiger partial charge in [0.25, 0.3) is 0 Å². The van der Waals surface area contributed by atoms with Gasteiger partial charge in [-0.25, -0.2) is 0 Å². The molecule has 0 spiro atoms. The summed E-state index contributed by atoms with van der Waals surface area (Å²) in [4.78, 5) is 0. The molecule has 1 nitrogen and oxygen atoms in total. The fourth-order valence-electron chi connectivity index (χ4n) is 3.16. The Kier molecular flexibility index (Phi) is 6.12. The van der Waals surface area contributed by atoms with Gasteiger partial charge in [0.05, 0.1) is 0 Å². The zero-order valence-electron chi connectivity index (χ0n) is 15.5. The van der Waals surface area contributed by atoms with E-state index in [1.807, 2.05) is 18.2 Å². The van der Waals surface area contributed by atoms with Gasteiger partial charge >= 0.3 is 0 Å². The summed E-state index contributed by atoms with van der Waals surface area (Å²) in [6, 6.07) is 29.3. The summed E-state index contributed by atoms with van der Waals surface area (Å²) in [7, 11) is 0. The second kappa shape index (κ2) is 8.71. The van der Waals surface area contributed by atoms with Gasteiger partial charge in [0.15, 0.2) is 0 Å². The fraction of sp³-hybridized carbons (Fsp3) is 0.240. The second-order valence-corrected chi connectivity index (χ2v) is 7.20. The van der Waals surface area contributed by atoms with Gasteiger partial charge in [-0.05, 0) is 60.4 Å². The molecule has 0 aromatic heterocycles. The Bertz CT molecular complexity index is 773. The summed E-state index contributed by atoms with van der Waals surface area (Å²) in [5, 5.41) is 0. The summed E-state index contributed by atoms with van der Waals surface area (Å²) in [6.07, 6.45) is 3.26. The van der Waals surface area contributed by atoms with Crippen LogP contribution in [0.4, 0.5) is 0 Å². The normalized spacial score (nSPS) is 11.3. The van der Waals surface area contributed by atoms with Gasteiger partial charge in [0.1, 0.15) is 12.4 Å². The second-order valence-electron chi connectivity index (χ2n) is 7.20. The topological polar surface area (TPSA) is 9.23 Å². The molecule has 0 saturated carbocycles. The Hall–Kier alpha value is -2.54. The lowest BCUT2D eigenvalue weighted by molar-refractivity contribution is 0.306. The molecule has 1 atom stereocenters. The van der Waals surface area contributed by atoms with Gasteiger partial charge < -0.3 is 4.74 Å². The average Bonchev–Trinajstić information content (AvgIpc) is 2.69. The molecule has 0 aliphatic rings. The van der Waals surface area contributed by atoms with Crippen LogP contribution >= 0.6 is 0 Å². The highest BCUT2D eigenvalue weighted by atomic mass is 16.5. The molecule has 0 amide bonds. The van der Waals surface area contributed by atoms with E-state index in [-0.39, 0.29) is 5.41 Å². The van der Waals surface area contributed by atoms with Gasteiger partial charge in [-0.1, -0.05) is 79.7 Å². The molecule has 3 aromatic carbocycles. The number of benzene rings is 3. The lowest BCUT2D eigenvalue weighted by Gasteiger charge is -2.25. The van der Waals surface area contributed by atoms with E-state index in [1.165, 1.54) is 16.7 Å².